The average molecular weight is 342 g/mol. The molecule has 5 heteroatoms. The van der Waals surface area contributed by atoms with Crippen molar-refractivity contribution in [1.29, 1.82) is 0 Å². The Labute approximate surface area is 150 Å². The second kappa shape index (κ2) is 9.99. The van der Waals surface area contributed by atoms with E-state index >= 15 is 0 Å². The molecule has 2 aromatic rings. The van der Waals surface area contributed by atoms with Gasteiger partial charge in [-0.1, -0.05) is 43.7 Å². The molecule has 1 amide bonds. The van der Waals surface area contributed by atoms with E-state index in [0.29, 0.717) is 0 Å². The minimum absolute atomic E-state index is 0.0383. The van der Waals surface area contributed by atoms with Gasteiger partial charge in [-0.05, 0) is 32.4 Å². The van der Waals surface area contributed by atoms with Gasteiger partial charge in [0.15, 0.2) is 0 Å². The van der Waals surface area contributed by atoms with Crippen molar-refractivity contribution >= 4 is 5.91 Å². The molecular weight excluding hydrogens is 312 g/mol. The number of H-pyrrole nitrogens is 1. The highest BCUT2D eigenvalue weighted by Gasteiger charge is 2.15. The predicted molar refractivity (Wildman–Crippen MR) is 102 cm³/mol. The summed E-state index contributed by atoms with van der Waals surface area (Å²) in [5.74, 6) is 0.256. The number of nitrogens with zero attached hydrogens (tertiary/aromatic N) is 2. The molecule has 1 aromatic heterocycles. The summed E-state index contributed by atoms with van der Waals surface area (Å²) in [6, 6.07) is 12.3. The van der Waals surface area contributed by atoms with E-state index in [1.807, 2.05) is 44.1 Å². The Balaban J connectivity index is 1.67. The molecule has 136 valence electrons. The minimum atomic E-state index is 0.0383. The SMILES string of the molecule is CNCC(C)C(=O)N(C)CCCCCc1cc(-c2ccccc2)n[nH]1. The van der Waals surface area contributed by atoms with Crippen molar-refractivity contribution in [3.63, 3.8) is 0 Å². The highest BCUT2D eigenvalue weighted by atomic mass is 16.2. The maximum Gasteiger partial charge on any atom is 0.226 e. The summed E-state index contributed by atoms with van der Waals surface area (Å²) >= 11 is 0. The van der Waals surface area contributed by atoms with Crippen LogP contribution in [0.3, 0.4) is 0 Å². The van der Waals surface area contributed by atoms with Crippen LogP contribution in [0.4, 0.5) is 0 Å². The molecule has 2 N–H and O–H groups in total. The van der Waals surface area contributed by atoms with E-state index in [4.69, 9.17) is 0 Å². The van der Waals surface area contributed by atoms with Crippen LogP contribution in [0.2, 0.25) is 0 Å². The lowest BCUT2D eigenvalue weighted by Gasteiger charge is -2.21. The van der Waals surface area contributed by atoms with Gasteiger partial charge in [-0.25, -0.2) is 0 Å². The summed E-state index contributed by atoms with van der Waals surface area (Å²) in [6.45, 7) is 3.52. The number of aromatic nitrogens is 2. The van der Waals surface area contributed by atoms with Gasteiger partial charge in [0, 0.05) is 37.3 Å². The second-order valence-electron chi connectivity index (χ2n) is 6.67. The molecule has 0 spiro atoms. The molecule has 0 aliphatic rings. The minimum Gasteiger partial charge on any atom is -0.345 e. The first kappa shape index (κ1) is 19.2. The van der Waals surface area contributed by atoms with Crippen LogP contribution in [0.25, 0.3) is 11.3 Å². The molecule has 2 rings (SSSR count). The molecule has 0 saturated carbocycles. The van der Waals surface area contributed by atoms with Crippen LogP contribution in [0.15, 0.2) is 36.4 Å². The number of carbonyl (C=O) groups excluding carboxylic acids is 1. The fraction of sp³-hybridized carbons (Fsp3) is 0.500. The van der Waals surface area contributed by atoms with Crippen molar-refractivity contribution in [3.8, 4) is 11.3 Å². The first-order chi connectivity index (χ1) is 12.1. The van der Waals surface area contributed by atoms with Gasteiger partial charge in [0.25, 0.3) is 0 Å². The van der Waals surface area contributed by atoms with E-state index in [9.17, 15) is 4.79 Å². The van der Waals surface area contributed by atoms with Crippen LogP contribution >= 0.6 is 0 Å². The predicted octanol–water partition coefficient (Wildman–Crippen LogP) is 3.10. The fourth-order valence-electron chi connectivity index (χ4n) is 2.97. The number of benzene rings is 1. The van der Waals surface area contributed by atoms with Crippen LogP contribution < -0.4 is 5.32 Å². The number of nitrogens with one attached hydrogen (secondary N) is 2. The summed E-state index contributed by atoms with van der Waals surface area (Å²) in [4.78, 5) is 14.0. The third-order valence-electron chi connectivity index (χ3n) is 4.45. The van der Waals surface area contributed by atoms with E-state index in [-0.39, 0.29) is 11.8 Å². The standard InChI is InChI=1S/C20H30N4O/c1-16(15-21-2)20(25)24(3)13-9-5-8-12-18-14-19(23-22-18)17-10-6-4-7-11-17/h4,6-7,10-11,14,16,21H,5,8-9,12-13,15H2,1-3H3,(H,22,23). The highest BCUT2D eigenvalue weighted by Crippen LogP contribution is 2.18. The molecule has 25 heavy (non-hydrogen) atoms. The Kier molecular flexibility index (Phi) is 7.67. The van der Waals surface area contributed by atoms with Gasteiger partial charge in [0.1, 0.15) is 0 Å². The number of aryl methyl sites for hydroxylation is 1. The Hall–Kier alpha value is -2.14. The van der Waals surface area contributed by atoms with Crippen molar-refractivity contribution in [1.82, 2.24) is 20.4 Å². The van der Waals surface area contributed by atoms with Crippen LogP contribution in [-0.2, 0) is 11.2 Å². The van der Waals surface area contributed by atoms with E-state index in [2.05, 4.69) is 33.7 Å². The van der Waals surface area contributed by atoms with Gasteiger partial charge in [-0.3, -0.25) is 9.89 Å². The fourth-order valence-corrected chi connectivity index (χ4v) is 2.97. The van der Waals surface area contributed by atoms with Crippen molar-refractivity contribution in [2.45, 2.75) is 32.6 Å². The smallest absolute Gasteiger partial charge is 0.226 e. The number of amides is 1. The van der Waals surface area contributed by atoms with Gasteiger partial charge in [0.05, 0.1) is 5.69 Å². The summed E-state index contributed by atoms with van der Waals surface area (Å²) in [5.41, 5.74) is 3.31. The Bertz CT molecular complexity index is 638. The monoisotopic (exact) mass is 342 g/mol. The summed E-state index contributed by atoms with van der Waals surface area (Å²) in [5, 5.41) is 10.6. The first-order valence-electron chi connectivity index (χ1n) is 9.11. The Morgan fingerprint density at radius 1 is 1.24 bits per heavy atom. The zero-order chi connectivity index (χ0) is 18.1. The van der Waals surface area contributed by atoms with E-state index < -0.39 is 0 Å². The number of hydrogen-bond donors (Lipinski definition) is 2. The zero-order valence-corrected chi connectivity index (χ0v) is 15.6. The largest absolute Gasteiger partial charge is 0.345 e. The van der Waals surface area contributed by atoms with Gasteiger partial charge >= 0.3 is 0 Å². The lowest BCUT2D eigenvalue weighted by molar-refractivity contribution is -0.133. The lowest BCUT2D eigenvalue weighted by Crippen LogP contribution is -2.36. The third kappa shape index (κ3) is 6.02. The normalized spacial score (nSPS) is 12.1. The highest BCUT2D eigenvalue weighted by molar-refractivity contribution is 5.78. The van der Waals surface area contributed by atoms with Crippen LogP contribution in [-0.4, -0.2) is 48.2 Å². The Morgan fingerprint density at radius 2 is 2.00 bits per heavy atom. The van der Waals surface area contributed by atoms with Crippen LogP contribution in [0, 0.1) is 5.92 Å². The van der Waals surface area contributed by atoms with Gasteiger partial charge < -0.3 is 10.2 Å². The molecule has 0 fully saturated rings. The van der Waals surface area contributed by atoms with Gasteiger partial charge in [0.2, 0.25) is 5.91 Å². The van der Waals surface area contributed by atoms with Crippen molar-refractivity contribution in [2.75, 3.05) is 27.2 Å². The summed E-state index contributed by atoms with van der Waals surface area (Å²) in [6.07, 6.45) is 4.24. The number of carbonyl (C=O) groups is 1. The van der Waals surface area contributed by atoms with Crippen LogP contribution in [0.5, 0.6) is 0 Å². The van der Waals surface area contributed by atoms with E-state index in [0.717, 1.165) is 50.0 Å². The van der Waals surface area contributed by atoms with E-state index in [1.165, 1.54) is 5.69 Å². The van der Waals surface area contributed by atoms with Gasteiger partial charge in [-0.15, -0.1) is 0 Å². The van der Waals surface area contributed by atoms with Crippen molar-refractivity contribution in [2.24, 2.45) is 5.92 Å². The molecule has 1 aromatic carbocycles. The maximum atomic E-state index is 12.1. The first-order valence-corrected chi connectivity index (χ1v) is 9.11. The Morgan fingerprint density at radius 3 is 2.72 bits per heavy atom. The number of hydrogen-bond acceptors (Lipinski definition) is 3. The van der Waals surface area contributed by atoms with Crippen LogP contribution in [0.1, 0.15) is 31.9 Å². The quantitative estimate of drug-likeness (QED) is 0.652. The third-order valence-corrected chi connectivity index (χ3v) is 4.45. The molecular formula is C20H30N4O. The maximum absolute atomic E-state index is 12.1. The molecule has 0 bridgehead atoms. The van der Waals surface area contributed by atoms with Crippen molar-refractivity contribution < 1.29 is 4.79 Å². The summed E-state index contributed by atoms with van der Waals surface area (Å²) in [7, 11) is 3.78. The molecule has 1 heterocycles. The molecule has 5 nitrogen and oxygen atoms in total. The molecule has 0 aliphatic carbocycles. The van der Waals surface area contributed by atoms with Gasteiger partial charge in [-0.2, -0.15) is 5.10 Å². The lowest BCUT2D eigenvalue weighted by atomic mass is 10.1. The van der Waals surface area contributed by atoms with Crippen molar-refractivity contribution in [3.05, 3.63) is 42.1 Å². The number of rotatable bonds is 10. The number of unbranched alkanes of at least 4 members (excludes halogenated alkanes) is 2. The van der Waals surface area contributed by atoms with E-state index in [1.54, 1.807) is 0 Å². The topological polar surface area (TPSA) is 61.0 Å². The second-order valence-corrected chi connectivity index (χ2v) is 6.67. The molecule has 0 aliphatic heterocycles. The zero-order valence-electron chi connectivity index (χ0n) is 15.6. The average Bonchev–Trinajstić information content (AvgIpc) is 3.10. The molecule has 1 atom stereocenters. The molecule has 0 saturated heterocycles. The molecule has 1 unspecified atom stereocenters. The molecule has 0 radical (unpaired) electrons. The number of aromatic amines is 1. The summed E-state index contributed by atoms with van der Waals surface area (Å²) < 4.78 is 0.